The maximum Gasteiger partial charge on any atom is 0.224 e. The number of ether oxygens (including phenoxy) is 3. The van der Waals surface area contributed by atoms with Crippen LogP contribution in [0.3, 0.4) is 0 Å². The lowest BCUT2D eigenvalue weighted by Gasteiger charge is -2.15. The number of hydrogen-bond acceptors (Lipinski definition) is 4. The monoisotopic (exact) mass is 343 g/mol. The molecule has 5 nitrogen and oxygen atoms in total. The number of carbonyl (C=O) groups is 1. The molecule has 0 saturated heterocycles. The minimum Gasteiger partial charge on any atom is -0.497 e. The van der Waals surface area contributed by atoms with Gasteiger partial charge in [0.1, 0.15) is 5.75 Å². The molecule has 0 aliphatic heterocycles. The molecule has 134 valence electrons. The molecular formula is C20H25NO4. The normalized spacial score (nSPS) is 10.2. The Balaban J connectivity index is 1.99. The summed E-state index contributed by atoms with van der Waals surface area (Å²) in [7, 11) is 4.80. The smallest absolute Gasteiger partial charge is 0.224 e. The third-order valence-corrected chi connectivity index (χ3v) is 4.09. The molecule has 0 aliphatic carbocycles. The molecule has 0 radical (unpaired) electrons. The first-order chi connectivity index (χ1) is 12.1. The highest BCUT2D eigenvalue weighted by atomic mass is 16.5. The van der Waals surface area contributed by atoms with Crippen molar-refractivity contribution in [3.63, 3.8) is 0 Å². The number of hydrogen-bond donors (Lipinski definition) is 1. The standard InChI is InChI=1S/C20H25NO4/c1-14-7-5-6-8-15(14)12-19(22)21-10-9-16-11-17(23-2)13-18(24-3)20(16)25-4/h5-8,11,13H,9-10,12H2,1-4H3,(H,21,22). The number of nitrogens with one attached hydrogen (secondary N) is 1. The van der Waals surface area contributed by atoms with E-state index in [0.717, 1.165) is 16.7 Å². The molecular weight excluding hydrogens is 318 g/mol. The molecule has 0 heterocycles. The van der Waals surface area contributed by atoms with E-state index in [-0.39, 0.29) is 5.91 Å². The molecule has 0 spiro atoms. The summed E-state index contributed by atoms with van der Waals surface area (Å²) in [6, 6.07) is 11.6. The first-order valence-corrected chi connectivity index (χ1v) is 8.19. The van der Waals surface area contributed by atoms with Gasteiger partial charge in [0.25, 0.3) is 0 Å². The first-order valence-electron chi connectivity index (χ1n) is 8.19. The summed E-state index contributed by atoms with van der Waals surface area (Å²) in [5, 5.41) is 2.96. The van der Waals surface area contributed by atoms with Crippen molar-refractivity contribution in [1.82, 2.24) is 5.32 Å². The fourth-order valence-corrected chi connectivity index (χ4v) is 2.70. The molecule has 0 aliphatic rings. The number of carbonyl (C=O) groups excluding carboxylic acids is 1. The number of amides is 1. The van der Waals surface area contributed by atoms with E-state index in [1.54, 1.807) is 27.4 Å². The molecule has 0 unspecified atom stereocenters. The second-order valence-electron chi connectivity index (χ2n) is 5.73. The number of aryl methyl sites for hydroxylation is 1. The van der Waals surface area contributed by atoms with Gasteiger partial charge in [-0.05, 0) is 30.5 Å². The van der Waals surface area contributed by atoms with E-state index in [9.17, 15) is 4.79 Å². The highest BCUT2D eigenvalue weighted by molar-refractivity contribution is 5.78. The lowest BCUT2D eigenvalue weighted by atomic mass is 10.1. The van der Waals surface area contributed by atoms with Crippen LogP contribution < -0.4 is 19.5 Å². The van der Waals surface area contributed by atoms with Gasteiger partial charge in [-0.25, -0.2) is 0 Å². The van der Waals surface area contributed by atoms with Crippen LogP contribution in [-0.4, -0.2) is 33.8 Å². The largest absolute Gasteiger partial charge is 0.497 e. The van der Waals surface area contributed by atoms with Crippen LogP contribution in [-0.2, 0) is 17.6 Å². The molecule has 2 aromatic carbocycles. The van der Waals surface area contributed by atoms with Gasteiger partial charge in [0.05, 0.1) is 27.8 Å². The third-order valence-electron chi connectivity index (χ3n) is 4.09. The van der Waals surface area contributed by atoms with Gasteiger partial charge >= 0.3 is 0 Å². The van der Waals surface area contributed by atoms with Gasteiger partial charge in [-0.2, -0.15) is 0 Å². The highest BCUT2D eigenvalue weighted by Crippen LogP contribution is 2.35. The fraction of sp³-hybridized carbons (Fsp3) is 0.350. The van der Waals surface area contributed by atoms with Crippen LogP contribution in [0.25, 0.3) is 0 Å². The zero-order valence-electron chi connectivity index (χ0n) is 15.2. The predicted octanol–water partition coefficient (Wildman–Crippen LogP) is 2.92. The molecule has 0 bridgehead atoms. The Morgan fingerprint density at radius 1 is 1.00 bits per heavy atom. The zero-order chi connectivity index (χ0) is 18.2. The summed E-state index contributed by atoms with van der Waals surface area (Å²) in [6.07, 6.45) is 1.00. The molecule has 0 saturated carbocycles. The van der Waals surface area contributed by atoms with Crippen molar-refractivity contribution in [3.05, 3.63) is 53.1 Å². The SMILES string of the molecule is COc1cc(CCNC(=O)Cc2ccccc2C)c(OC)c(OC)c1. The Bertz CT molecular complexity index is 728. The maximum atomic E-state index is 12.2. The topological polar surface area (TPSA) is 56.8 Å². The number of methoxy groups -OCH3 is 3. The van der Waals surface area contributed by atoms with Crippen molar-refractivity contribution >= 4 is 5.91 Å². The van der Waals surface area contributed by atoms with Gasteiger partial charge in [-0.1, -0.05) is 24.3 Å². The quantitative estimate of drug-likeness (QED) is 0.801. The van der Waals surface area contributed by atoms with Crippen LogP contribution in [0.4, 0.5) is 0 Å². The van der Waals surface area contributed by atoms with Crippen LogP contribution in [0.5, 0.6) is 17.2 Å². The van der Waals surface area contributed by atoms with Crippen molar-refractivity contribution < 1.29 is 19.0 Å². The summed E-state index contributed by atoms with van der Waals surface area (Å²) < 4.78 is 16.1. The summed E-state index contributed by atoms with van der Waals surface area (Å²) >= 11 is 0. The molecule has 25 heavy (non-hydrogen) atoms. The van der Waals surface area contributed by atoms with Crippen molar-refractivity contribution in [2.75, 3.05) is 27.9 Å². The first kappa shape index (κ1) is 18.6. The average Bonchev–Trinajstić information content (AvgIpc) is 2.62. The van der Waals surface area contributed by atoms with Gasteiger partial charge in [0.15, 0.2) is 11.5 Å². The Morgan fingerprint density at radius 2 is 1.76 bits per heavy atom. The van der Waals surface area contributed by atoms with Crippen LogP contribution >= 0.6 is 0 Å². The molecule has 2 rings (SSSR count). The summed E-state index contributed by atoms with van der Waals surface area (Å²) in [6.45, 7) is 2.52. The maximum absolute atomic E-state index is 12.2. The molecule has 0 atom stereocenters. The summed E-state index contributed by atoms with van der Waals surface area (Å²) in [5.74, 6) is 1.97. The number of benzene rings is 2. The minimum absolute atomic E-state index is 0.00290. The average molecular weight is 343 g/mol. The van der Waals surface area contributed by atoms with E-state index >= 15 is 0 Å². The van der Waals surface area contributed by atoms with Gasteiger partial charge in [0, 0.05) is 18.2 Å². The van der Waals surface area contributed by atoms with E-state index < -0.39 is 0 Å². The molecule has 0 aromatic heterocycles. The van der Waals surface area contributed by atoms with Crippen LogP contribution in [0, 0.1) is 6.92 Å². The van der Waals surface area contributed by atoms with E-state index in [1.807, 2.05) is 37.3 Å². The molecule has 1 amide bonds. The minimum atomic E-state index is 0.00290. The molecule has 5 heteroatoms. The van der Waals surface area contributed by atoms with Crippen molar-refractivity contribution in [1.29, 1.82) is 0 Å². The van der Waals surface area contributed by atoms with E-state index in [2.05, 4.69) is 5.32 Å². The lowest BCUT2D eigenvalue weighted by molar-refractivity contribution is -0.120. The summed E-state index contributed by atoms with van der Waals surface area (Å²) in [5.41, 5.74) is 3.09. The highest BCUT2D eigenvalue weighted by Gasteiger charge is 2.13. The van der Waals surface area contributed by atoms with Crippen molar-refractivity contribution in [2.45, 2.75) is 19.8 Å². The van der Waals surface area contributed by atoms with Crippen molar-refractivity contribution in [3.8, 4) is 17.2 Å². The summed E-state index contributed by atoms with van der Waals surface area (Å²) in [4.78, 5) is 12.2. The predicted molar refractivity (Wildman–Crippen MR) is 97.7 cm³/mol. The lowest BCUT2D eigenvalue weighted by Crippen LogP contribution is -2.27. The Kier molecular flexibility index (Phi) is 6.69. The van der Waals surface area contributed by atoms with Crippen LogP contribution in [0.1, 0.15) is 16.7 Å². The Morgan fingerprint density at radius 3 is 2.40 bits per heavy atom. The van der Waals surface area contributed by atoms with E-state index in [0.29, 0.717) is 36.6 Å². The van der Waals surface area contributed by atoms with Crippen LogP contribution in [0.15, 0.2) is 36.4 Å². The fourth-order valence-electron chi connectivity index (χ4n) is 2.70. The van der Waals surface area contributed by atoms with Gasteiger partial charge in [0.2, 0.25) is 5.91 Å². The van der Waals surface area contributed by atoms with Gasteiger partial charge in [-0.3, -0.25) is 4.79 Å². The van der Waals surface area contributed by atoms with E-state index in [4.69, 9.17) is 14.2 Å². The Labute approximate surface area is 148 Å². The van der Waals surface area contributed by atoms with Crippen molar-refractivity contribution in [2.24, 2.45) is 0 Å². The second-order valence-corrected chi connectivity index (χ2v) is 5.73. The third kappa shape index (κ3) is 4.89. The van der Waals surface area contributed by atoms with Crippen LogP contribution in [0.2, 0.25) is 0 Å². The van der Waals surface area contributed by atoms with Gasteiger partial charge in [-0.15, -0.1) is 0 Å². The second kappa shape index (κ2) is 8.97. The molecule has 2 aromatic rings. The Hall–Kier alpha value is -2.69. The molecule has 1 N–H and O–H groups in total. The van der Waals surface area contributed by atoms with Gasteiger partial charge < -0.3 is 19.5 Å². The zero-order valence-corrected chi connectivity index (χ0v) is 15.2. The number of rotatable bonds is 8. The van der Waals surface area contributed by atoms with E-state index in [1.165, 1.54) is 0 Å². The molecule has 0 fully saturated rings.